The van der Waals surface area contributed by atoms with Gasteiger partial charge in [-0.1, -0.05) is 6.07 Å². The molecule has 1 aliphatic carbocycles. The molecular weight excluding hydrogens is 236 g/mol. The predicted octanol–water partition coefficient (Wildman–Crippen LogP) is 3.36. The standard InChI is InChI=1S/C16H20N2O/c1-11(2)18-9-8-13-14(4-3-5-15(13)18)16(19)17-10-12-6-7-12/h3-5,8-9,11-12H,6-7,10H2,1-2H3,(H,17,19). The number of rotatable bonds is 4. The lowest BCUT2D eigenvalue weighted by Crippen LogP contribution is -2.25. The fourth-order valence-electron chi connectivity index (χ4n) is 2.49. The molecule has 1 aromatic carbocycles. The summed E-state index contributed by atoms with van der Waals surface area (Å²) < 4.78 is 2.20. The van der Waals surface area contributed by atoms with Crippen LogP contribution in [0.2, 0.25) is 0 Å². The van der Waals surface area contributed by atoms with Crippen LogP contribution in [-0.2, 0) is 0 Å². The van der Waals surface area contributed by atoms with E-state index in [-0.39, 0.29) is 5.91 Å². The molecule has 19 heavy (non-hydrogen) atoms. The number of hydrogen-bond acceptors (Lipinski definition) is 1. The Hall–Kier alpha value is -1.77. The van der Waals surface area contributed by atoms with E-state index in [9.17, 15) is 4.79 Å². The van der Waals surface area contributed by atoms with Crippen LogP contribution >= 0.6 is 0 Å². The minimum Gasteiger partial charge on any atom is -0.352 e. The molecule has 0 bridgehead atoms. The molecule has 3 nitrogen and oxygen atoms in total. The Balaban J connectivity index is 1.91. The Morgan fingerprint density at radius 3 is 2.84 bits per heavy atom. The molecule has 1 amide bonds. The van der Waals surface area contributed by atoms with Crippen molar-refractivity contribution >= 4 is 16.8 Å². The summed E-state index contributed by atoms with van der Waals surface area (Å²) in [6, 6.07) is 8.40. The van der Waals surface area contributed by atoms with Crippen molar-refractivity contribution < 1.29 is 4.79 Å². The summed E-state index contributed by atoms with van der Waals surface area (Å²) in [5, 5.41) is 4.09. The van der Waals surface area contributed by atoms with Gasteiger partial charge in [-0.15, -0.1) is 0 Å². The second-order valence-corrected chi connectivity index (χ2v) is 5.71. The molecule has 0 radical (unpaired) electrons. The first-order valence-electron chi connectivity index (χ1n) is 7.04. The Morgan fingerprint density at radius 2 is 2.16 bits per heavy atom. The summed E-state index contributed by atoms with van der Waals surface area (Å²) in [5.74, 6) is 0.766. The van der Waals surface area contributed by atoms with Gasteiger partial charge in [0.2, 0.25) is 0 Å². The average Bonchev–Trinajstić information content (AvgIpc) is 3.12. The monoisotopic (exact) mass is 256 g/mol. The zero-order chi connectivity index (χ0) is 13.4. The van der Waals surface area contributed by atoms with Gasteiger partial charge < -0.3 is 9.88 Å². The number of nitrogens with zero attached hydrogens (tertiary/aromatic N) is 1. The van der Waals surface area contributed by atoms with E-state index < -0.39 is 0 Å². The zero-order valence-corrected chi connectivity index (χ0v) is 11.5. The molecule has 3 rings (SSSR count). The Morgan fingerprint density at radius 1 is 1.37 bits per heavy atom. The first-order valence-corrected chi connectivity index (χ1v) is 7.04. The van der Waals surface area contributed by atoms with E-state index >= 15 is 0 Å². The van der Waals surface area contributed by atoms with Crippen LogP contribution in [0.1, 0.15) is 43.1 Å². The fraction of sp³-hybridized carbons (Fsp3) is 0.438. The van der Waals surface area contributed by atoms with Crippen LogP contribution in [0.15, 0.2) is 30.5 Å². The summed E-state index contributed by atoms with van der Waals surface area (Å²) >= 11 is 0. The first kappa shape index (κ1) is 12.3. The molecule has 100 valence electrons. The number of fused-ring (bicyclic) bond motifs is 1. The maximum atomic E-state index is 12.2. The molecule has 1 aliphatic rings. The van der Waals surface area contributed by atoms with Crippen LogP contribution in [0.3, 0.4) is 0 Å². The predicted molar refractivity (Wildman–Crippen MR) is 77.4 cm³/mol. The molecule has 0 aliphatic heterocycles. The van der Waals surface area contributed by atoms with Crippen molar-refractivity contribution in [3.8, 4) is 0 Å². The van der Waals surface area contributed by atoms with Gasteiger partial charge >= 0.3 is 0 Å². The molecular formula is C16H20N2O. The van der Waals surface area contributed by atoms with Crippen LogP contribution < -0.4 is 5.32 Å². The van der Waals surface area contributed by atoms with Crippen molar-refractivity contribution in [1.82, 2.24) is 9.88 Å². The average molecular weight is 256 g/mol. The normalized spacial score (nSPS) is 15.1. The first-order chi connectivity index (χ1) is 9.16. The van der Waals surface area contributed by atoms with E-state index in [1.807, 2.05) is 18.2 Å². The Bertz CT molecular complexity index is 608. The van der Waals surface area contributed by atoms with Crippen molar-refractivity contribution in [3.05, 3.63) is 36.0 Å². The van der Waals surface area contributed by atoms with Crippen LogP contribution in [-0.4, -0.2) is 17.0 Å². The summed E-state index contributed by atoms with van der Waals surface area (Å²) in [5.41, 5.74) is 1.92. The summed E-state index contributed by atoms with van der Waals surface area (Å²) in [4.78, 5) is 12.2. The van der Waals surface area contributed by atoms with Gasteiger partial charge in [-0.05, 0) is 50.8 Å². The van der Waals surface area contributed by atoms with Gasteiger partial charge in [-0.25, -0.2) is 0 Å². The number of amides is 1. The van der Waals surface area contributed by atoms with E-state index in [0.29, 0.717) is 12.0 Å². The molecule has 0 saturated heterocycles. The number of carbonyl (C=O) groups is 1. The number of hydrogen-bond donors (Lipinski definition) is 1. The number of aromatic nitrogens is 1. The van der Waals surface area contributed by atoms with Gasteiger partial charge in [-0.2, -0.15) is 0 Å². The van der Waals surface area contributed by atoms with E-state index in [0.717, 1.165) is 23.0 Å². The Kier molecular flexibility index (Phi) is 3.05. The molecule has 1 saturated carbocycles. The minimum absolute atomic E-state index is 0.0546. The van der Waals surface area contributed by atoms with Crippen LogP contribution in [0.5, 0.6) is 0 Å². The summed E-state index contributed by atoms with van der Waals surface area (Å²) in [7, 11) is 0. The Labute approximate surface area is 113 Å². The van der Waals surface area contributed by atoms with E-state index in [1.54, 1.807) is 0 Å². The third kappa shape index (κ3) is 2.37. The molecule has 1 aromatic heterocycles. The third-order valence-corrected chi connectivity index (χ3v) is 3.81. The maximum absolute atomic E-state index is 12.2. The van der Waals surface area contributed by atoms with E-state index in [2.05, 4.69) is 36.0 Å². The molecule has 0 spiro atoms. The quantitative estimate of drug-likeness (QED) is 0.894. The topological polar surface area (TPSA) is 34.0 Å². The van der Waals surface area contributed by atoms with Gasteiger partial charge in [0.15, 0.2) is 0 Å². The number of carbonyl (C=O) groups excluding carboxylic acids is 1. The van der Waals surface area contributed by atoms with E-state index in [4.69, 9.17) is 0 Å². The molecule has 3 heteroatoms. The highest BCUT2D eigenvalue weighted by molar-refractivity contribution is 6.06. The van der Waals surface area contributed by atoms with E-state index in [1.165, 1.54) is 12.8 Å². The van der Waals surface area contributed by atoms with Gasteiger partial charge in [0.1, 0.15) is 0 Å². The highest BCUT2D eigenvalue weighted by Crippen LogP contribution is 2.28. The van der Waals surface area contributed by atoms with Crippen LogP contribution in [0.4, 0.5) is 0 Å². The molecule has 1 heterocycles. The SMILES string of the molecule is CC(C)n1ccc2c(C(=O)NCC3CC3)cccc21. The summed E-state index contributed by atoms with van der Waals surface area (Å²) in [6.07, 6.45) is 4.58. The number of benzene rings is 1. The molecule has 1 N–H and O–H groups in total. The van der Waals surface area contributed by atoms with Crippen molar-refractivity contribution in [2.24, 2.45) is 5.92 Å². The van der Waals surface area contributed by atoms with Crippen LogP contribution in [0.25, 0.3) is 10.9 Å². The lowest BCUT2D eigenvalue weighted by molar-refractivity contribution is 0.0953. The van der Waals surface area contributed by atoms with Crippen LogP contribution in [0, 0.1) is 5.92 Å². The van der Waals surface area contributed by atoms with Gasteiger partial charge in [0.05, 0.1) is 0 Å². The highest BCUT2D eigenvalue weighted by atomic mass is 16.1. The maximum Gasteiger partial charge on any atom is 0.251 e. The minimum atomic E-state index is 0.0546. The molecule has 0 atom stereocenters. The largest absolute Gasteiger partial charge is 0.352 e. The lowest BCUT2D eigenvalue weighted by Gasteiger charge is -2.10. The smallest absolute Gasteiger partial charge is 0.251 e. The van der Waals surface area contributed by atoms with Gasteiger partial charge in [0.25, 0.3) is 5.91 Å². The van der Waals surface area contributed by atoms with Crippen molar-refractivity contribution in [2.75, 3.05) is 6.54 Å². The molecule has 1 fully saturated rings. The van der Waals surface area contributed by atoms with Gasteiger partial charge in [0, 0.05) is 35.2 Å². The lowest BCUT2D eigenvalue weighted by atomic mass is 10.1. The van der Waals surface area contributed by atoms with Crippen molar-refractivity contribution in [1.29, 1.82) is 0 Å². The highest BCUT2D eigenvalue weighted by Gasteiger charge is 2.22. The molecule has 2 aromatic rings. The summed E-state index contributed by atoms with van der Waals surface area (Å²) in [6.45, 7) is 5.12. The second kappa shape index (κ2) is 4.72. The van der Waals surface area contributed by atoms with Crippen molar-refractivity contribution in [2.45, 2.75) is 32.7 Å². The fourth-order valence-corrected chi connectivity index (χ4v) is 2.49. The molecule has 0 unspecified atom stereocenters. The number of nitrogens with one attached hydrogen (secondary N) is 1. The second-order valence-electron chi connectivity index (χ2n) is 5.71. The van der Waals surface area contributed by atoms with Gasteiger partial charge in [-0.3, -0.25) is 4.79 Å². The van der Waals surface area contributed by atoms with Crippen molar-refractivity contribution in [3.63, 3.8) is 0 Å². The zero-order valence-electron chi connectivity index (χ0n) is 11.5. The third-order valence-electron chi connectivity index (χ3n) is 3.81.